The molecule has 0 amide bonds. The third kappa shape index (κ3) is 1.86. The van der Waals surface area contributed by atoms with Crippen molar-refractivity contribution in [2.75, 3.05) is 0 Å². The van der Waals surface area contributed by atoms with Crippen LogP contribution in [0.3, 0.4) is 0 Å². The van der Waals surface area contributed by atoms with Gasteiger partial charge in [-0.25, -0.2) is 0 Å². The Morgan fingerprint density at radius 1 is 1.22 bits per heavy atom. The Kier molecular flexibility index (Phi) is 2.89. The molecule has 2 aromatic rings. The number of H-pyrrole nitrogens is 1. The molecule has 5 heteroatoms. The summed E-state index contributed by atoms with van der Waals surface area (Å²) in [5.74, 6) is -0.875. The zero-order chi connectivity index (χ0) is 13.3. The Bertz CT molecular complexity index is 660. The number of aromatic amines is 1. The molecule has 0 atom stereocenters. The molecule has 0 aliphatic carbocycles. The van der Waals surface area contributed by atoms with Gasteiger partial charge in [-0.2, -0.15) is 0 Å². The first kappa shape index (κ1) is 11.9. The number of aromatic hydroxyl groups is 2. The Morgan fingerprint density at radius 3 is 2.39 bits per heavy atom. The van der Waals surface area contributed by atoms with E-state index in [0.717, 1.165) is 0 Å². The molecule has 5 nitrogen and oxygen atoms in total. The van der Waals surface area contributed by atoms with Crippen molar-refractivity contribution in [1.82, 2.24) is 4.98 Å². The number of nitrogens with one attached hydrogen (secondary N) is 2. The third-order valence-corrected chi connectivity index (χ3v) is 2.61. The van der Waals surface area contributed by atoms with Crippen LogP contribution in [0, 0.1) is 5.41 Å². The van der Waals surface area contributed by atoms with Crippen LogP contribution in [0.15, 0.2) is 35.1 Å². The van der Waals surface area contributed by atoms with Crippen LogP contribution in [0.4, 0.5) is 0 Å². The number of pyridine rings is 1. The van der Waals surface area contributed by atoms with Crippen LogP contribution in [0.25, 0.3) is 11.1 Å². The predicted octanol–water partition coefficient (Wildman–Crippen LogP) is 1.84. The van der Waals surface area contributed by atoms with Gasteiger partial charge in [-0.3, -0.25) is 9.78 Å². The normalized spacial score (nSPS) is 10.3. The summed E-state index contributed by atoms with van der Waals surface area (Å²) < 4.78 is 0. The van der Waals surface area contributed by atoms with Crippen LogP contribution in [-0.4, -0.2) is 20.9 Å². The van der Waals surface area contributed by atoms with Crippen molar-refractivity contribution in [3.8, 4) is 22.8 Å². The summed E-state index contributed by atoms with van der Waals surface area (Å²) in [7, 11) is 0. The molecule has 1 aromatic heterocycles. The van der Waals surface area contributed by atoms with Crippen molar-refractivity contribution in [1.29, 1.82) is 5.41 Å². The van der Waals surface area contributed by atoms with Crippen LogP contribution in [0.5, 0.6) is 11.6 Å². The van der Waals surface area contributed by atoms with Gasteiger partial charge in [-0.1, -0.05) is 30.3 Å². The third-order valence-electron chi connectivity index (χ3n) is 2.61. The molecular weight excluding hydrogens is 232 g/mol. The van der Waals surface area contributed by atoms with Crippen molar-refractivity contribution in [2.24, 2.45) is 0 Å². The minimum absolute atomic E-state index is 0.0292. The Balaban J connectivity index is 2.81. The van der Waals surface area contributed by atoms with Crippen LogP contribution in [0.2, 0.25) is 0 Å². The second kappa shape index (κ2) is 4.37. The van der Waals surface area contributed by atoms with Gasteiger partial charge < -0.3 is 15.6 Å². The number of rotatable bonds is 2. The summed E-state index contributed by atoms with van der Waals surface area (Å²) in [5, 5.41) is 27.1. The van der Waals surface area contributed by atoms with Gasteiger partial charge in [-0.05, 0) is 12.5 Å². The van der Waals surface area contributed by atoms with E-state index in [4.69, 9.17) is 5.41 Å². The second-order valence-corrected chi connectivity index (χ2v) is 3.89. The van der Waals surface area contributed by atoms with E-state index in [1.165, 1.54) is 6.92 Å². The fraction of sp³-hybridized carbons (Fsp3) is 0.0769. The van der Waals surface area contributed by atoms with Crippen molar-refractivity contribution < 1.29 is 10.2 Å². The van der Waals surface area contributed by atoms with Crippen molar-refractivity contribution >= 4 is 5.71 Å². The molecule has 0 radical (unpaired) electrons. The highest BCUT2D eigenvalue weighted by molar-refractivity contribution is 6.02. The Labute approximate surface area is 103 Å². The fourth-order valence-corrected chi connectivity index (χ4v) is 1.81. The zero-order valence-electron chi connectivity index (χ0n) is 9.69. The van der Waals surface area contributed by atoms with Crippen molar-refractivity contribution in [3.05, 3.63) is 46.2 Å². The minimum atomic E-state index is -0.596. The summed E-state index contributed by atoms with van der Waals surface area (Å²) in [4.78, 5) is 14.0. The summed E-state index contributed by atoms with van der Waals surface area (Å²) >= 11 is 0. The maximum Gasteiger partial charge on any atom is 0.262 e. The molecule has 4 N–H and O–H groups in total. The first-order valence-electron chi connectivity index (χ1n) is 5.31. The highest BCUT2D eigenvalue weighted by atomic mass is 16.3. The van der Waals surface area contributed by atoms with E-state index in [1.807, 2.05) is 0 Å². The molecule has 0 bridgehead atoms. The van der Waals surface area contributed by atoms with Gasteiger partial charge in [0.2, 0.25) is 5.88 Å². The molecule has 0 saturated heterocycles. The lowest BCUT2D eigenvalue weighted by Gasteiger charge is -2.10. The summed E-state index contributed by atoms with van der Waals surface area (Å²) in [6, 6.07) is 8.60. The van der Waals surface area contributed by atoms with Gasteiger partial charge in [0, 0.05) is 5.71 Å². The average Bonchev–Trinajstić information content (AvgIpc) is 2.28. The maximum absolute atomic E-state index is 11.8. The average molecular weight is 244 g/mol. The number of benzene rings is 1. The van der Waals surface area contributed by atoms with E-state index in [1.54, 1.807) is 30.3 Å². The first-order valence-corrected chi connectivity index (χ1v) is 5.31. The monoisotopic (exact) mass is 244 g/mol. The van der Waals surface area contributed by atoms with Crippen molar-refractivity contribution in [3.63, 3.8) is 0 Å². The molecule has 18 heavy (non-hydrogen) atoms. The highest BCUT2D eigenvalue weighted by Gasteiger charge is 2.19. The van der Waals surface area contributed by atoms with Gasteiger partial charge in [0.15, 0.2) is 0 Å². The smallest absolute Gasteiger partial charge is 0.262 e. The second-order valence-electron chi connectivity index (χ2n) is 3.89. The van der Waals surface area contributed by atoms with Gasteiger partial charge in [-0.15, -0.1) is 0 Å². The fourth-order valence-electron chi connectivity index (χ4n) is 1.81. The van der Waals surface area contributed by atoms with Crippen LogP contribution in [-0.2, 0) is 0 Å². The molecule has 1 aromatic carbocycles. The SMILES string of the molecule is CC(=N)c1c(O)[nH]c(=O)c(-c2ccccc2)c1O. The summed E-state index contributed by atoms with van der Waals surface area (Å²) in [6.45, 7) is 1.42. The van der Waals surface area contributed by atoms with E-state index in [0.29, 0.717) is 5.56 Å². The van der Waals surface area contributed by atoms with Crippen molar-refractivity contribution in [2.45, 2.75) is 6.92 Å². The molecule has 0 aliphatic rings. The Hall–Kier alpha value is -2.56. The Morgan fingerprint density at radius 2 is 1.83 bits per heavy atom. The van der Waals surface area contributed by atoms with Gasteiger partial charge in [0.25, 0.3) is 5.56 Å². The highest BCUT2D eigenvalue weighted by Crippen LogP contribution is 2.32. The zero-order valence-corrected chi connectivity index (χ0v) is 9.69. The molecule has 92 valence electrons. The summed E-state index contributed by atoms with van der Waals surface area (Å²) in [5.41, 5.74) is -0.109. The molecular formula is C13H12N2O3. The molecule has 0 unspecified atom stereocenters. The van der Waals surface area contributed by atoms with E-state index in [-0.39, 0.29) is 22.6 Å². The first-order chi connectivity index (χ1) is 8.52. The molecule has 0 aliphatic heterocycles. The lowest BCUT2D eigenvalue weighted by molar-refractivity contribution is 0.432. The standard InChI is InChI=1S/C13H12N2O3/c1-7(14)9-11(16)10(13(18)15-12(9)17)8-5-3-2-4-6-8/h2-6,14H,1H3,(H3,15,16,17,18). The van der Waals surface area contributed by atoms with E-state index in [2.05, 4.69) is 4.98 Å². The minimum Gasteiger partial charge on any atom is -0.506 e. The maximum atomic E-state index is 11.8. The molecule has 0 spiro atoms. The lowest BCUT2D eigenvalue weighted by atomic mass is 10.0. The van der Waals surface area contributed by atoms with E-state index in [9.17, 15) is 15.0 Å². The lowest BCUT2D eigenvalue weighted by Crippen LogP contribution is -2.12. The van der Waals surface area contributed by atoms with E-state index >= 15 is 0 Å². The van der Waals surface area contributed by atoms with Gasteiger partial charge >= 0.3 is 0 Å². The number of hydrogen-bond donors (Lipinski definition) is 4. The van der Waals surface area contributed by atoms with Crippen LogP contribution < -0.4 is 5.56 Å². The molecule has 2 rings (SSSR count). The topological polar surface area (TPSA) is 97.2 Å². The number of hydrogen-bond acceptors (Lipinski definition) is 4. The molecule has 1 heterocycles. The van der Waals surface area contributed by atoms with Crippen LogP contribution in [0.1, 0.15) is 12.5 Å². The summed E-state index contributed by atoms with van der Waals surface area (Å²) in [6.07, 6.45) is 0. The quantitative estimate of drug-likeness (QED) is 0.607. The van der Waals surface area contributed by atoms with Gasteiger partial charge in [0.05, 0.1) is 11.1 Å². The largest absolute Gasteiger partial charge is 0.506 e. The predicted molar refractivity (Wildman–Crippen MR) is 68.3 cm³/mol. The molecule has 0 saturated carbocycles. The van der Waals surface area contributed by atoms with Crippen LogP contribution >= 0.6 is 0 Å². The van der Waals surface area contributed by atoms with E-state index < -0.39 is 11.4 Å². The molecule has 0 fully saturated rings. The van der Waals surface area contributed by atoms with Gasteiger partial charge in [0.1, 0.15) is 5.75 Å². The number of aromatic nitrogens is 1.